The summed E-state index contributed by atoms with van der Waals surface area (Å²) in [6.45, 7) is -1.59. The molecule has 3 saturated heterocycles. The average molecular weight is 849 g/mol. The molecule has 19 heteroatoms. The van der Waals surface area contributed by atoms with Gasteiger partial charge >= 0.3 is 17.9 Å². The molecule has 3 amide bonds. The minimum Gasteiger partial charge on any atom is -0.480 e. The first kappa shape index (κ1) is 39.5. The third-order valence-electron chi connectivity index (χ3n) is 7.85. The molecule has 13 nitrogen and oxygen atoms in total. The largest absolute Gasteiger partial charge is 0.480 e. The molecule has 3 fully saturated rings. The van der Waals surface area contributed by atoms with Crippen molar-refractivity contribution >= 4 is 156 Å². The molecule has 0 radical (unpaired) electrons. The van der Waals surface area contributed by atoms with Crippen molar-refractivity contribution in [2.45, 2.75) is 0 Å². The maximum atomic E-state index is 12.8. The zero-order chi connectivity index (χ0) is 39.6. The molecule has 3 heterocycles. The summed E-state index contributed by atoms with van der Waals surface area (Å²) in [6, 6.07) is 21.8. The van der Waals surface area contributed by atoms with Gasteiger partial charge in [-0.3, -0.25) is 43.5 Å². The van der Waals surface area contributed by atoms with Crippen molar-refractivity contribution in [2.75, 3.05) is 24.5 Å². The Morgan fingerprint density at radius 3 is 0.945 bits per heavy atom. The number of carboxylic acid groups (broad SMARTS) is 3. The lowest BCUT2D eigenvalue weighted by Gasteiger charge is -2.26. The van der Waals surface area contributed by atoms with E-state index in [1.807, 2.05) is 41.3 Å². The normalized spacial score (nSPS) is 18.1. The molecule has 0 unspecified atom stereocenters. The van der Waals surface area contributed by atoms with E-state index in [4.69, 9.17) is 52.0 Å². The zero-order valence-electron chi connectivity index (χ0n) is 27.8. The van der Waals surface area contributed by atoms with Crippen LogP contribution in [0, 0.1) is 0 Å². The Kier molecular flexibility index (Phi) is 12.0. The second kappa shape index (κ2) is 16.7. The summed E-state index contributed by atoms with van der Waals surface area (Å²) < 4.78 is 0.478. The van der Waals surface area contributed by atoms with Gasteiger partial charge in [0.15, 0.2) is 0 Å². The fourth-order valence-corrected chi connectivity index (χ4v) is 9.14. The number of nitrogens with zero attached hydrogens (tertiary/aromatic N) is 4. The van der Waals surface area contributed by atoms with Crippen LogP contribution in [-0.2, 0) is 28.8 Å². The van der Waals surface area contributed by atoms with E-state index >= 15 is 0 Å². The monoisotopic (exact) mass is 848 g/mol. The van der Waals surface area contributed by atoms with E-state index in [2.05, 4.69) is 0 Å². The molecule has 55 heavy (non-hydrogen) atoms. The number of benzene rings is 3. The Hall–Kier alpha value is -5.18. The summed E-state index contributed by atoms with van der Waals surface area (Å²) in [4.78, 5) is 78.0. The summed E-state index contributed by atoms with van der Waals surface area (Å²) in [5.41, 5.74) is 4.18. The number of amides is 3. The molecule has 0 aliphatic carbocycles. The summed E-state index contributed by atoms with van der Waals surface area (Å²) >= 11 is 18.7. The molecule has 0 aromatic heterocycles. The van der Waals surface area contributed by atoms with Gasteiger partial charge in [-0.15, -0.1) is 0 Å². The summed E-state index contributed by atoms with van der Waals surface area (Å²) in [7, 11) is 0. The number of carbonyl (C=O) groups is 6. The number of thiocarbonyl (C=S) groups is 3. The molecule has 278 valence electrons. The first-order valence-electron chi connectivity index (χ1n) is 15.7. The van der Waals surface area contributed by atoms with Crippen LogP contribution in [-0.4, -0.2) is 98.2 Å². The van der Waals surface area contributed by atoms with Gasteiger partial charge in [0.2, 0.25) is 0 Å². The number of carbonyl (C=O) groups excluding carboxylic acids is 3. The van der Waals surface area contributed by atoms with Gasteiger partial charge < -0.3 is 20.2 Å². The highest BCUT2D eigenvalue weighted by atomic mass is 32.2. The highest BCUT2D eigenvalue weighted by Gasteiger charge is 2.35. The predicted molar refractivity (Wildman–Crippen MR) is 224 cm³/mol. The number of anilines is 3. The van der Waals surface area contributed by atoms with Crippen LogP contribution in [0.25, 0.3) is 18.2 Å². The van der Waals surface area contributed by atoms with Crippen LogP contribution in [0.3, 0.4) is 0 Å². The standard InChI is InChI=1S/C36H24N4O9S6/c41-28(42)16-37-31(47)25(53-34(37)50)13-19-1-7-22(8-2-19)40(23-9-3-20(4-10-23)14-26-32(48)38(17-29(43)44)35(51)54-26)24-11-5-21(6-12-24)15-27-33(49)39(18-30(45)46)36(52)55-27/h1-15H,16-18H2,(H,41,42)(H,43,44)(H,45,46)/b25-13-,26-14-,27-15+. The number of rotatable bonds is 12. The van der Waals surface area contributed by atoms with Crippen LogP contribution in [0.5, 0.6) is 0 Å². The third-order valence-corrected chi connectivity index (χ3v) is 12.0. The SMILES string of the molecule is O=C(O)CN1C(=O)/C(=C/c2ccc(N(c3ccc(/C=C4\SC(=S)N(CC(=O)O)C4=O)cc3)c3ccc(/C=C4/SC(=S)N(CC(=O)O)C4=O)cc3)cc2)SC1=S. The van der Waals surface area contributed by atoms with E-state index in [0.29, 0.717) is 31.4 Å². The first-order valence-corrected chi connectivity index (χ1v) is 19.4. The van der Waals surface area contributed by atoms with Crippen LogP contribution in [0.4, 0.5) is 17.1 Å². The van der Waals surface area contributed by atoms with Crippen LogP contribution >= 0.6 is 71.9 Å². The predicted octanol–water partition coefficient (Wildman–Crippen LogP) is 6.01. The fraction of sp³-hybridized carbons (Fsp3) is 0.0833. The maximum absolute atomic E-state index is 12.8. The second-order valence-corrected chi connectivity index (χ2v) is 16.6. The molecule has 3 aliphatic rings. The van der Waals surface area contributed by atoms with Crippen LogP contribution in [0.2, 0.25) is 0 Å². The first-order chi connectivity index (χ1) is 26.2. The van der Waals surface area contributed by atoms with E-state index in [1.54, 1.807) is 54.6 Å². The molecule has 3 aromatic rings. The number of aliphatic carboxylic acids is 3. The smallest absolute Gasteiger partial charge is 0.323 e. The highest BCUT2D eigenvalue weighted by molar-refractivity contribution is 8.27. The quantitative estimate of drug-likeness (QED) is 0.143. The van der Waals surface area contributed by atoms with E-state index in [9.17, 15) is 28.8 Å². The summed E-state index contributed by atoms with van der Waals surface area (Å²) in [5, 5.41) is 27.5. The fourth-order valence-electron chi connectivity index (χ4n) is 5.37. The summed E-state index contributed by atoms with van der Waals surface area (Å²) in [5.74, 6) is -4.99. The lowest BCUT2D eigenvalue weighted by atomic mass is 10.1. The molecular formula is C36H24N4O9S6. The van der Waals surface area contributed by atoms with Crippen molar-refractivity contribution in [2.24, 2.45) is 0 Å². The minimum absolute atomic E-state index is 0.159. The number of thioether (sulfide) groups is 3. The molecular weight excluding hydrogens is 825 g/mol. The van der Waals surface area contributed by atoms with E-state index < -0.39 is 55.3 Å². The second-order valence-electron chi connectivity index (χ2n) is 11.6. The Morgan fingerprint density at radius 2 is 0.727 bits per heavy atom. The Balaban J connectivity index is 1.30. The van der Waals surface area contributed by atoms with Crippen LogP contribution in [0.1, 0.15) is 16.7 Å². The molecule has 0 bridgehead atoms. The number of hydrogen-bond acceptors (Lipinski definition) is 13. The van der Waals surface area contributed by atoms with Gasteiger partial charge in [0.1, 0.15) is 32.6 Å². The lowest BCUT2D eigenvalue weighted by Crippen LogP contribution is -2.33. The Bertz CT molecular complexity index is 2040. The van der Waals surface area contributed by atoms with Crippen molar-refractivity contribution in [1.29, 1.82) is 0 Å². The van der Waals surface area contributed by atoms with Gasteiger partial charge in [-0.05, 0) is 71.3 Å². The highest BCUT2D eigenvalue weighted by Crippen LogP contribution is 2.38. The van der Waals surface area contributed by atoms with Crippen molar-refractivity contribution in [3.8, 4) is 0 Å². The lowest BCUT2D eigenvalue weighted by molar-refractivity contribution is -0.140. The van der Waals surface area contributed by atoms with Gasteiger partial charge in [-0.1, -0.05) is 108 Å². The van der Waals surface area contributed by atoms with Gasteiger partial charge in [0, 0.05) is 17.1 Å². The Morgan fingerprint density at radius 1 is 0.491 bits per heavy atom. The van der Waals surface area contributed by atoms with Gasteiger partial charge in [-0.25, -0.2) is 0 Å². The molecule has 0 saturated carbocycles. The molecule has 6 rings (SSSR count). The molecule has 3 aliphatic heterocycles. The molecule has 3 aromatic carbocycles. The van der Waals surface area contributed by atoms with Gasteiger partial charge in [0.05, 0.1) is 14.7 Å². The summed E-state index contributed by atoms with van der Waals surface area (Å²) in [6.07, 6.45) is 4.91. The average Bonchev–Trinajstić information content (AvgIpc) is 3.66. The third kappa shape index (κ3) is 9.04. The van der Waals surface area contributed by atoms with E-state index in [-0.39, 0.29) is 13.0 Å². The van der Waals surface area contributed by atoms with E-state index in [0.717, 1.165) is 67.0 Å². The van der Waals surface area contributed by atoms with Gasteiger partial charge in [0.25, 0.3) is 17.7 Å². The van der Waals surface area contributed by atoms with Crippen LogP contribution < -0.4 is 4.90 Å². The van der Waals surface area contributed by atoms with Crippen molar-refractivity contribution < 1.29 is 44.1 Å². The Labute approximate surface area is 341 Å². The van der Waals surface area contributed by atoms with Crippen molar-refractivity contribution in [3.05, 3.63) is 104 Å². The van der Waals surface area contributed by atoms with Crippen molar-refractivity contribution in [1.82, 2.24) is 14.7 Å². The molecule has 0 spiro atoms. The van der Waals surface area contributed by atoms with Crippen molar-refractivity contribution in [3.63, 3.8) is 0 Å². The minimum atomic E-state index is -1.17. The molecule has 3 N–H and O–H groups in total. The number of carboxylic acids is 3. The van der Waals surface area contributed by atoms with Gasteiger partial charge in [-0.2, -0.15) is 0 Å². The zero-order valence-corrected chi connectivity index (χ0v) is 32.7. The maximum Gasteiger partial charge on any atom is 0.323 e. The molecule has 0 atom stereocenters. The number of hydrogen-bond donors (Lipinski definition) is 3. The van der Waals surface area contributed by atoms with E-state index in [1.165, 1.54) is 0 Å². The topological polar surface area (TPSA) is 176 Å². The van der Waals surface area contributed by atoms with Crippen LogP contribution in [0.15, 0.2) is 87.5 Å².